The highest BCUT2D eigenvalue weighted by Gasteiger charge is 2.44. The highest BCUT2D eigenvalue weighted by Crippen LogP contribution is 2.46. The Labute approximate surface area is 181 Å². The van der Waals surface area contributed by atoms with Gasteiger partial charge in [0.05, 0.1) is 43.0 Å². The first-order valence-electron chi connectivity index (χ1n) is 10.1. The van der Waals surface area contributed by atoms with Crippen molar-refractivity contribution in [1.29, 1.82) is 0 Å². The Morgan fingerprint density at radius 3 is 2.30 bits per heavy atom. The lowest BCUT2D eigenvalue weighted by molar-refractivity contribution is -0.0701. The molecule has 0 bridgehead atoms. The third-order valence-corrected chi connectivity index (χ3v) is 7.12. The lowest BCUT2D eigenvalue weighted by atomic mass is 9.92. The van der Waals surface area contributed by atoms with Gasteiger partial charge in [0.25, 0.3) is 0 Å². The zero-order chi connectivity index (χ0) is 21.8. The fraction of sp³-hybridized carbons (Fsp3) is 0.478. The number of benzene rings is 2. The Balaban J connectivity index is 1.93. The van der Waals surface area contributed by atoms with Gasteiger partial charge >= 0.3 is 0 Å². The van der Waals surface area contributed by atoms with Crippen LogP contribution in [0.5, 0.6) is 11.5 Å². The fourth-order valence-electron chi connectivity index (χ4n) is 3.78. The Hall–Kier alpha value is -1.77. The molecule has 1 fully saturated rings. The molecule has 0 radical (unpaired) electrons. The minimum atomic E-state index is -1.34. The molecule has 5 unspecified atom stereocenters. The summed E-state index contributed by atoms with van der Waals surface area (Å²) >= 11 is 1.26. The topological polar surface area (TPSA) is 99.4 Å². The molecule has 6 nitrogen and oxygen atoms in total. The van der Waals surface area contributed by atoms with E-state index >= 15 is 0 Å². The Kier molecular flexibility index (Phi) is 7.65. The summed E-state index contributed by atoms with van der Waals surface area (Å²) in [5, 5.41) is 39.5. The molecule has 3 rings (SSSR count). The third kappa shape index (κ3) is 4.76. The summed E-state index contributed by atoms with van der Waals surface area (Å²) in [6.07, 6.45) is -3.01. The first-order valence-corrected chi connectivity index (χ1v) is 11.0. The molecule has 0 spiro atoms. The number of rotatable bonds is 7. The van der Waals surface area contributed by atoms with E-state index in [0.29, 0.717) is 18.8 Å². The van der Waals surface area contributed by atoms with Gasteiger partial charge in [0, 0.05) is 5.56 Å². The lowest BCUT2D eigenvalue weighted by Gasteiger charge is -2.40. The average Bonchev–Trinajstić information content (AvgIpc) is 2.75. The lowest BCUT2D eigenvalue weighted by Crippen LogP contribution is -2.51. The molecule has 0 amide bonds. The van der Waals surface area contributed by atoms with Crippen molar-refractivity contribution in [2.45, 2.75) is 49.1 Å². The molecular formula is C23H30O6S. The average molecular weight is 435 g/mol. The Bertz CT molecular complexity index is 838. The smallest absolute Gasteiger partial charge is 0.123 e. The Morgan fingerprint density at radius 2 is 1.70 bits per heavy atom. The molecule has 1 heterocycles. The van der Waals surface area contributed by atoms with Crippen LogP contribution in [0.25, 0.3) is 0 Å². The van der Waals surface area contributed by atoms with Crippen molar-refractivity contribution in [3.63, 3.8) is 0 Å². The van der Waals surface area contributed by atoms with Crippen LogP contribution < -0.4 is 9.47 Å². The highest BCUT2D eigenvalue weighted by molar-refractivity contribution is 8.00. The zero-order valence-electron chi connectivity index (χ0n) is 17.5. The van der Waals surface area contributed by atoms with Gasteiger partial charge in [-0.1, -0.05) is 18.2 Å². The number of aliphatic hydroxyl groups excluding tert-OH is 4. The van der Waals surface area contributed by atoms with Gasteiger partial charge in [0.15, 0.2) is 0 Å². The molecule has 7 heteroatoms. The maximum atomic E-state index is 10.6. The van der Waals surface area contributed by atoms with Crippen LogP contribution in [0.2, 0.25) is 0 Å². The first kappa shape index (κ1) is 22.9. The van der Waals surface area contributed by atoms with Crippen molar-refractivity contribution in [2.75, 3.05) is 20.3 Å². The number of aryl methyl sites for hydroxylation is 1. The van der Waals surface area contributed by atoms with Gasteiger partial charge < -0.3 is 29.9 Å². The van der Waals surface area contributed by atoms with Gasteiger partial charge in [-0.3, -0.25) is 0 Å². The van der Waals surface area contributed by atoms with Gasteiger partial charge in [-0.2, -0.15) is 0 Å². The summed E-state index contributed by atoms with van der Waals surface area (Å²) in [5.41, 5.74) is 3.99. The maximum Gasteiger partial charge on any atom is 0.123 e. The predicted molar refractivity (Wildman–Crippen MR) is 117 cm³/mol. The van der Waals surface area contributed by atoms with Crippen molar-refractivity contribution in [1.82, 2.24) is 0 Å². The quantitative estimate of drug-likeness (QED) is 0.530. The van der Waals surface area contributed by atoms with Gasteiger partial charge in [-0.05, 0) is 55.2 Å². The molecule has 2 aromatic carbocycles. The summed E-state index contributed by atoms with van der Waals surface area (Å²) in [5.74, 6) is 1.44. The number of aliphatic hydroxyl groups is 4. The summed E-state index contributed by atoms with van der Waals surface area (Å²) in [6, 6.07) is 11.9. The molecule has 2 aromatic rings. The van der Waals surface area contributed by atoms with E-state index in [2.05, 4.69) is 0 Å². The summed E-state index contributed by atoms with van der Waals surface area (Å²) in [4.78, 5) is 0. The molecule has 5 atom stereocenters. The monoisotopic (exact) mass is 434 g/mol. The number of hydrogen-bond acceptors (Lipinski definition) is 7. The van der Waals surface area contributed by atoms with Crippen LogP contribution in [-0.2, 0) is 6.42 Å². The van der Waals surface area contributed by atoms with E-state index in [0.717, 1.165) is 28.0 Å². The second kappa shape index (κ2) is 10.0. The van der Waals surface area contributed by atoms with Crippen LogP contribution in [0.15, 0.2) is 36.4 Å². The highest BCUT2D eigenvalue weighted by atomic mass is 32.2. The maximum absolute atomic E-state index is 10.6. The summed E-state index contributed by atoms with van der Waals surface area (Å²) in [7, 11) is 1.57. The van der Waals surface area contributed by atoms with Crippen molar-refractivity contribution >= 4 is 11.8 Å². The van der Waals surface area contributed by atoms with Crippen LogP contribution in [0.1, 0.15) is 34.4 Å². The molecule has 0 aliphatic carbocycles. The Morgan fingerprint density at radius 1 is 1.00 bits per heavy atom. The van der Waals surface area contributed by atoms with Crippen molar-refractivity contribution in [3.05, 3.63) is 58.7 Å². The minimum Gasteiger partial charge on any atom is -0.496 e. The number of thioether (sulfide) groups is 1. The zero-order valence-corrected chi connectivity index (χ0v) is 18.3. The molecule has 30 heavy (non-hydrogen) atoms. The predicted octanol–water partition coefficient (Wildman–Crippen LogP) is 2.22. The molecular weight excluding hydrogens is 404 g/mol. The van der Waals surface area contributed by atoms with Gasteiger partial charge in [-0.25, -0.2) is 0 Å². The molecule has 0 saturated carbocycles. The van der Waals surface area contributed by atoms with E-state index in [1.54, 1.807) is 7.11 Å². The van der Waals surface area contributed by atoms with Crippen LogP contribution in [0.3, 0.4) is 0 Å². The van der Waals surface area contributed by atoms with E-state index in [9.17, 15) is 20.4 Å². The van der Waals surface area contributed by atoms with Crippen LogP contribution in [-0.4, -0.2) is 64.3 Å². The fourth-order valence-corrected chi connectivity index (χ4v) is 5.22. The summed E-state index contributed by atoms with van der Waals surface area (Å²) in [6.45, 7) is 4.29. The van der Waals surface area contributed by atoms with E-state index in [1.807, 2.05) is 50.2 Å². The summed E-state index contributed by atoms with van der Waals surface area (Å²) < 4.78 is 11.1. The molecule has 1 saturated heterocycles. The number of ether oxygens (including phenoxy) is 2. The first-order chi connectivity index (χ1) is 14.4. The number of methoxy groups -OCH3 is 1. The normalized spacial score (nSPS) is 26.4. The van der Waals surface area contributed by atoms with Crippen LogP contribution in [0, 0.1) is 6.92 Å². The second-order valence-corrected chi connectivity index (χ2v) is 8.91. The van der Waals surface area contributed by atoms with Crippen molar-refractivity contribution < 1.29 is 29.9 Å². The molecule has 1 aliphatic rings. The second-order valence-electron chi connectivity index (χ2n) is 7.52. The van der Waals surface area contributed by atoms with Gasteiger partial charge in [0.1, 0.15) is 17.6 Å². The third-order valence-electron chi connectivity index (χ3n) is 5.52. The van der Waals surface area contributed by atoms with Crippen LogP contribution >= 0.6 is 11.8 Å². The van der Waals surface area contributed by atoms with Crippen LogP contribution in [0.4, 0.5) is 0 Å². The molecule has 1 aliphatic heterocycles. The largest absolute Gasteiger partial charge is 0.496 e. The standard InChI is InChI=1S/C23H30O6S/c1-4-29-16-7-5-14(6-8-16)10-15-11-17(18(28-3)9-13(15)2)23-22(27)21(26)20(25)19(12-24)30-23/h5-9,11,19-27H,4,10,12H2,1-3H3. The van der Waals surface area contributed by atoms with E-state index in [-0.39, 0.29) is 6.61 Å². The minimum absolute atomic E-state index is 0.292. The molecule has 164 valence electrons. The SMILES string of the molecule is CCOc1ccc(Cc2cc(C3SC(CO)C(O)C(O)C3O)c(OC)cc2C)cc1. The van der Waals surface area contributed by atoms with Crippen molar-refractivity contribution in [2.24, 2.45) is 0 Å². The van der Waals surface area contributed by atoms with Gasteiger partial charge in [0.2, 0.25) is 0 Å². The van der Waals surface area contributed by atoms with E-state index in [4.69, 9.17) is 9.47 Å². The molecule has 0 aromatic heterocycles. The number of hydrogen-bond donors (Lipinski definition) is 4. The van der Waals surface area contributed by atoms with E-state index in [1.165, 1.54) is 11.8 Å². The molecule has 4 N–H and O–H groups in total. The van der Waals surface area contributed by atoms with Crippen molar-refractivity contribution in [3.8, 4) is 11.5 Å². The van der Waals surface area contributed by atoms with Gasteiger partial charge in [-0.15, -0.1) is 11.8 Å². The van der Waals surface area contributed by atoms with E-state index < -0.39 is 28.8 Å².